The van der Waals surface area contributed by atoms with Crippen LogP contribution in [0.4, 0.5) is 0 Å². The molecule has 0 aromatic heterocycles. The zero-order valence-electron chi connectivity index (χ0n) is 9.91. The maximum atomic E-state index is 10.9. The number of hydrogen-bond donors (Lipinski definition) is 0. The van der Waals surface area contributed by atoms with Gasteiger partial charge in [0.05, 0.1) is 6.61 Å². The van der Waals surface area contributed by atoms with Crippen LogP contribution in [0.5, 0.6) is 0 Å². The van der Waals surface area contributed by atoms with Crippen LogP contribution in [0.3, 0.4) is 0 Å². The Morgan fingerprint density at radius 2 is 1.93 bits per heavy atom. The summed E-state index contributed by atoms with van der Waals surface area (Å²) in [5, 5.41) is 0. The lowest BCUT2D eigenvalue weighted by molar-refractivity contribution is -0.137. The van der Waals surface area contributed by atoms with E-state index in [1.54, 1.807) is 27.2 Å². The molecule has 0 atom stereocenters. The molecule has 0 rings (SSSR count). The summed E-state index contributed by atoms with van der Waals surface area (Å²) in [6, 6.07) is 0.823. The van der Waals surface area contributed by atoms with Gasteiger partial charge in [-0.2, -0.15) is 0 Å². The molecule has 0 radical (unpaired) electrons. The Morgan fingerprint density at radius 1 is 1.33 bits per heavy atom. The minimum Gasteiger partial charge on any atom is -0.463 e. The molecule has 0 spiro atoms. The molecular weight excluding hydrogens is 212 g/mol. The van der Waals surface area contributed by atoms with E-state index in [0.29, 0.717) is 6.61 Å². The van der Waals surface area contributed by atoms with Gasteiger partial charge in [-0.05, 0) is 25.9 Å². The third-order valence-electron chi connectivity index (χ3n) is 2.19. The first kappa shape index (κ1) is 14.3. The monoisotopic (exact) mass is 232 g/mol. The van der Waals surface area contributed by atoms with Crippen molar-refractivity contribution in [3.05, 3.63) is 12.2 Å². The first-order chi connectivity index (χ1) is 7.08. The number of esters is 1. The van der Waals surface area contributed by atoms with Gasteiger partial charge in [0.15, 0.2) is 0 Å². The fourth-order valence-electron chi connectivity index (χ4n) is 1.04. The van der Waals surface area contributed by atoms with E-state index in [1.807, 2.05) is 6.55 Å². The third kappa shape index (κ3) is 6.43. The first-order valence-electron chi connectivity index (χ1n) is 4.97. The molecule has 5 heteroatoms. The Hall–Kier alpha value is -0.653. The second-order valence-corrected chi connectivity index (χ2v) is 6.90. The summed E-state index contributed by atoms with van der Waals surface area (Å²) in [4.78, 5) is 10.9. The van der Waals surface area contributed by atoms with Gasteiger partial charge >= 0.3 is 14.5 Å². The van der Waals surface area contributed by atoms with Crippen LogP contribution in [0.2, 0.25) is 12.6 Å². The van der Waals surface area contributed by atoms with E-state index in [0.717, 1.165) is 12.5 Å². The van der Waals surface area contributed by atoms with Gasteiger partial charge < -0.3 is 13.6 Å². The highest BCUT2D eigenvalue weighted by atomic mass is 28.4. The third-order valence-corrected chi connectivity index (χ3v) is 5.17. The number of carbonyl (C=O) groups excluding carboxylic acids is 1. The summed E-state index contributed by atoms with van der Waals surface area (Å²) < 4.78 is 15.6. The van der Waals surface area contributed by atoms with Crippen molar-refractivity contribution in [2.45, 2.75) is 25.9 Å². The second-order valence-electron chi connectivity index (χ2n) is 3.31. The number of hydrogen-bond acceptors (Lipinski definition) is 4. The Morgan fingerprint density at radius 3 is 2.40 bits per heavy atom. The number of carbonyl (C=O) groups is 1. The standard InChI is InChI=1S/C10H20O4Si/c1-5-7-10(11)14-8-6-9-15(4,12-2)13-3/h5,7H,6,8-9H2,1-4H3. The lowest BCUT2D eigenvalue weighted by Gasteiger charge is -2.22. The maximum absolute atomic E-state index is 10.9. The molecular formula is C10H20O4Si. The fourth-order valence-corrected chi connectivity index (χ4v) is 2.40. The Bertz CT molecular complexity index is 211. The highest BCUT2D eigenvalue weighted by Gasteiger charge is 2.27. The van der Waals surface area contributed by atoms with Crippen LogP contribution in [-0.4, -0.2) is 35.4 Å². The molecule has 0 fully saturated rings. The summed E-state index contributed by atoms with van der Waals surface area (Å²) in [7, 11) is 1.31. The van der Waals surface area contributed by atoms with Gasteiger partial charge in [-0.25, -0.2) is 4.79 Å². The minimum absolute atomic E-state index is 0.296. The predicted octanol–water partition coefficient (Wildman–Crippen LogP) is 1.86. The Kier molecular flexibility index (Phi) is 7.28. The maximum Gasteiger partial charge on any atom is 0.334 e. The van der Waals surface area contributed by atoms with Crippen molar-refractivity contribution in [1.82, 2.24) is 0 Å². The molecule has 0 aliphatic carbocycles. The van der Waals surface area contributed by atoms with Gasteiger partial charge in [0.25, 0.3) is 0 Å². The lowest BCUT2D eigenvalue weighted by atomic mass is 10.5. The van der Waals surface area contributed by atoms with Gasteiger partial charge in [0.2, 0.25) is 0 Å². The molecule has 0 N–H and O–H groups in total. The fraction of sp³-hybridized carbons (Fsp3) is 0.700. The molecule has 0 aliphatic heterocycles. The summed E-state index contributed by atoms with van der Waals surface area (Å²) >= 11 is 0. The van der Waals surface area contributed by atoms with Gasteiger partial charge in [0, 0.05) is 20.3 Å². The van der Waals surface area contributed by atoms with Crippen LogP contribution in [0.1, 0.15) is 13.3 Å². The lowest BCUT2D eigenvalue weighted by Crippen LogP contribution is -2.36. The number of ether oxygens (including phenoxy) is 1. The Labute approximate surface area is 92.5 Å². The summed E-state index contributed by atoms with van der Waals surface area (Å²) in [6.07, 6.45) is 3.84. The van der Waals surface area contributed by atoms with Gasteiger partial charge in [-0.3, -0.25) is 0 Å². The summed E-state index contributed by atoms with van der Waals surface area (Å²) in [6.45, 7) is 4.18. The van der Waals surface area contributed by atoms with Crippen LogP contribution in [0.25, 0.3) is 0 Å². The molecule has 0 bridgehead atoms. The zero-order valence-corrected chi connectivity index (χ0v) is 10.9. The smallest absolute Gasteiger partial charge is 0.334 e. The van der Waals surface area contributed by atoms with E-state index < -0.39 is 8.56 Å². The number of rotatable bonds is 7. The van der Waals surface area contributed by atoms with Crippen LogP contribution >= 0.6 is 0 Å². The average molecular weight is 232 g/mol. The van der Waals surface area contributed by atoms with Gasteiger partial charge in [-0.1, -0.05) is 6.08 Å². The zero-order chi connectivity index (χ0) is 11.7. The molecule has 0 aromatic rings. The van der Waals surface area contributed by atoms with Crippen LogP contribution in [0, 0.1) is 0 Å². The minimum atomic E-state index is -2.00. The molecule has 15 heavy (non-hydrogen) atoms. The van der Waals surface area contributed by atoms with Crippen LogP contribution in [0.15, 0.2) is 12.2 Å². The van der Waals surface area contributed by atoms with Crippen molar-refractivity contribution in [1.29, 1.82) is 0 Å². The molecule has 88 valence electrons. The van der Waals surface area contributed by atoms with E-state index >= 15 is 0 Å². The normalized spacial score (nSPS) is 12.0. The largest absolute Gasteiger partial charge is 0.463 e. The van der Waals surface area contributed by atoms with Crippen molar-refractivity contribution in [2.75, 3.05) is 20.8 Å². The van der Waals surface area contributed by atoms with Crippen molar-refractivity contribution < 1.29 is 18.4 Å². The van der Waals surface area contributed by atoms with E-state index in [-0.39, 0.29) is 5.97 Å². The quantitative estimate of drug-likeness (QED) is 0.291. The number of allylic oxidation sites excluding steroid dienone is 1. The van der Waals surface area contributed by atoms with E-state index in [9.17, 15) is 4.79 Å². The molecule has 0 heterocycles. The van der Waals surface area contributed by atoms with Crippen molar-refractivity contribution in [3.8, 4) is 0 Å². The SMILES string of the molecule is CC=CC(=O)OCCC[Si](C)(OC)OC. The molecule has 0 amide bonds. The molecule has 4 nitrogen and oxygen atoms in total. The first-order valence-corrected chi connectivity index (χ1v) is 7.50. The molecule has 0 aliphatic rings. The van der Waals surface area contributed by atoms with Gasteiger partial charge in [-0.15, -0.1) is 0 Å². The molecule has 0 saturated carbocycles. The van der Waals surface area contributed by atoms with E-state index in [2.05, 4.69) is 0 Å². The average Bonchev–Trinajstić information content (AvgIpc) is 2.24. The topological polar surface area (TPSA) is 44.8 Å². The van der Waals surface area contributed by atoms with Crippen molar-refractivity contribution in [2.24, 2.45) is 0 Å². The van der Waals surface area contributed by atoms with E-state index in [1.165, 1.54) is 6.08 Å². The summed E-state index contributed by atoms with van der Waals surface area (Å²) in [5.74, 6) is -0.296. The van der Waals surface area contributed by atoms with Crippen molar-refractivity contribution in [3.63, 3.8) is 0 Å². The molecule has 0 aromatic carbocycles. The van der Waals surface area contributed by atoms with Gasteiger partial charge in [0.1, 0.15) is 0 Å². The second kappa shape index (κ2) is 7.61. The summed E-state index contributed by atoms with van der Waals surface area (Å²) in [5.41, 5.74) is 0. The molecule has 0 unspecified atom stereocenters. The predicted molar refractivity (Wildman–Crippen MR) is 60.8 cm³/mol. The van der Waals surface area contributed by atoms with Crippen LogP contribution < -0.4 is 0 Å². The van der Waals surface area contributed by atoms with E-state index in [4.69, 9.17) is 13.6 Å². The highest BCUT2D eigenvalue weighted by molar-refractivity contribution is 6.65. The van der Waals surface area contributed by atoms with Crippen molar-refractivity contribution >= 4 is 14.5 Å². The van der Waals surface area contributed by atoms with Crippen LogP contribution in [-0.2, 0) is 18.4 Å². The highest BCUT2D eigenvalue weighted by Crippen LogP contribution is 2.13. The Balaban J connectivity index is 3.66. The molecule has 0 saturated heterocycles.